The second kappa shape index (κ2) is 16.5. The fourth-order valence-electron chi connectivity index (χ4n) is 0.606. The Labute approximate surface area is 96.9 Å². The van der Waals surface area contributed by atoms with E-state index in [2.05, 4.69) is 17.9 Å². The van der Waals surface area contributed by atoms with E-state index in [9.17, 15) is 0 Å². The van der Waals surface area contributed by atoms with Gasteiger partial charge in [-0.25, -0.2) is 0 Å². The molecule has 0 heterocycles. The standard InChI is InChI=1S/C7H16O4.C4H6O/c1-7(9)6-11-5-4-10-3-2-8;1-3-5-4-2/h7-9H,2-6H2,1H3;3-4H,1-2H2. The van der Waals surface area contributed by atoms with Crippen LogP contribution in [0.1, 0.15) is 6.92 Å². The van der Waals surface area contributed by atoms with E-state index in [1.807, 2.05) is 0 Å². The summed E-state index contributed by atoms with van der Waals surface area (Å²) in [7, 11) is 0. The number of aliphatic hydroxyl groups excluding tert-OH is 2. The number of rotatable bonds is 9. The van der Waals surface area contributed by atoms with E-state index in [-0.39, 0.29) is 6.61 Å². The van der Waals surface area contributed by atoms with Crippen molar-refractivity contribution in [3.05, 3.63) is 25.7 Å². The van der Waals surface area contributed by atoms with Gasteiger partial charge in [-0.2, -0.15) is 0 Å². The second-order valence-corrected chi connectivity index (χ2v) is 2.73. The quantitative estimate of drug-likeness (QED) is 0.453. The van der Waals surface area contributed by atoms with Crippen molar-refractivity contribution in [1.29, 1.82) is 0 Å². The second-order valence-electron chi connectivity index (χ2n) is 2.73. The molecule has 1 atom stereocenters. The minimum absolute atomic E-state index is 0.0381. The molecule has 0 fully saturated rings. The van der Waals surface area contributed by atoms with E-state index in [0.29, 0.717) is 26.4 Å². The molecule has 16 heavy (non-hydrogen) atoms. The first-order valence-electron chi connectivity index (χ1n) is 5.00. The van der Waals surface area contributed by atoms with Gasteiger partial charge in [0.1, 0.15) is 0 Å². The summed E-state index contributed by atoms with van der Waals surface area (Å²) in [4.78, 5) is 0. The molecule has 0 aliphatic heterocycles. The summed E-state index contributed by atoms with van der Waals surface area (Å²) in [6.07, 6.45) is 2.20. The lowest BCUT2D eigenvalue weighted by atomic mass is 10.4. The minimum Gasteiger partial charge on any atom is -0.474 e. The molecule has 96 valence electrons. The van der Waals surface area contributed by atoms with Gasteiger partial charge in [-0.05, 0) is 6.92 Å². The molecule has 0 aliphatic carbocycles. The Bertz CT molecular complexity index is 141. The zero-order chi connectivity index (χ0) is 12.6. The van der Waals surface area contributed by atoms with Crippen LogP contribution < -0.4 is 0 Å². The van der Waals surface area contributed by atoms with Crippen LogP contribution in [0.5, 0.6) is 0 Å². The lowest BCUT2D eigenvalue weighted by molar-refractivity contribution is 0.00292. The lowest BCUT2D eigenvalue weighted by Crippen LogP contribution is -2.14. The molecule has 1 unspecified atom stereocenters. The molecule has 0 aromatic rings. The Balaban J connectivity index is 0. The predicted octanol–water partition coefficient (Wildman–Crippen LogP) is 0.683. The molecule has 0 amide bonds. The van der Waals surface area contributed by atoms with Gasteiger partial charge in [0.25, 0.3) is 0 Å². The monoisotopic (exact) mass is 234 g/mol. The minimum atomic E-state index is -0.423. The highest BCUT2D eigenvalue weighted by atomic mass is 16.5. The Morgan fingerprint density at radius 1 is 1.12 bits per heavy atom. The van der Waals surface area contributed by atoms with Crippen LogP contribution in [0.2, 0.25) is 0 Å². The van der Waals surface area contributed by atoms with Crippen LogP contribution in [0, 0.1) is 0 Å². The van der Waals surface area contributed by atoms with Gasteiger partial charge in [0, 0.05) is 0 Å². The third kappa shape index (κ3) is 23.2. The first-order valence-corrected chi connectivity index (χ1v) is 5.00. The van der Waals surface area contributed by atoms with Crippen LogP contribution in [-0.2, 0) is 14.2 Å². The average Bonchev–Trinajstić information content (AvgIpc) is 2.25. The molecule has 0 bridgehead atoms. The highest BCUT2D eigenvalue weighted by Crippen LogP contribution is 1.83. The highest BCUT2D eigenvalue weighted by Gasteiger charge is 1.94. The Morgan fingerprint density at radius 3 is 2.06 bits per heavy atom. The van der Waals surface area contributed by atoms with Gasteiger partial charge in [0.05, 0.1) is 51.7 Å². The number of hydrogen-bond donors (Lipinski definition) is 2. The van der Waals surface area contributed by atoms with Crippen molar-refractivity contribution in [3.63, 3.8) is 0 Å². The summed E-state index contributed by atoms with van der Waals surface area (Å²) in [5.41, 5.74) is 0. The number of hydrogen-bond acceptors (Lipinski definition) is 5. The molecule has 0 rings (SSSR count). The molecule has 0 radical (unpaired) electrons. The molecule has 0 aromatic heterocycles. The molecular weight excluding hydrogens is 212 g/mol. The van der Waals surface area contributed by atoms with Gasteiger partial charge in [-0.1, -0.05) is 13.2 Å². The summed E-state index contributed by atoms with van der Waals surface area (Å²) >= 11 is 0. The fraction of sp³-hybridized carbons (Fsp3) is 0.636. The summed E-state index contributed by atoms with van der Waals surface area (Å²) < 4.78 is 14.3. The molecular formula is C11H22O5. The van der Waals surface area contributed by atoms with Crippen LogP contribution in [-0.4, -0.2) is 49.4 Å². The van der Waals surface area contributed by atoms with E-state index in [1.54, 1.807) is 6.92 Å². The Kier molecular flexibility index (Phi) is 18.1. The van der Waals surface area contributed by atoms with Crippen molar-refractivity contribution in [1.82, 2.24) is 0 Å². The van der Waals surface area contributed by atoms with Crippen LogP contribution >= 0.6 is 0 Å². The third-order valence-electron chi connectivity index (χ3n) is 1.16. The third-order valence-corrected chi connectivity index (χ3v) is 1.16. The smallest absolute Gasteiger partial charge is 0.0829 e. The van der Waals surface area contributed by atoms with Crippen LogP contribution in [0.15, 0.2) is 25.7 Å². The van der Waals surface area contributed by atoms with Crippen LogP contribution in [0.4, 0.5) is 0 Å². The first-order chi connectivity index (χ1) is 7.68. The van der Waals surface area contributed by atoms with E-state index in [4.69, 9.17) is 19.7 Å². The summed E-state index contributed by atoms with van der Waals surface area (Å²) in [5, 5.41) is 17.1. The van der Waals surface area contributed by atoms with E-state index >= 15 is 0 Å². The number of aliphatic hydroxyl groups is 2. The zero-order valence-electron chi connectivity index (χ0n) is 9.80. The molecule has 0 saturated carbocycles. The first kappa shape index (κ1) is 17.5. The van der Waals surface area contributed by atoms with E-state index < -0.39 is 6.10 Å². The van der Waals surface area contributed by atoms with Gasteiger partial charge in [0.15, 0.2) is 0 Å². The maximum absolute atomic E-state index is 8.75. The highest BCUT2D eigenvalue weighted by molar-refractivity contribution is 4.57. The molecule has 5 heteroatoms. The number of ether oxygens (including phenoxy) is 3. The van der Waals surface area contributed by atoms with Crippen molar-refractivity contribution in [3.8, 4) is 0 Å². The van der Waals surface area contributed by atoms with Gasteiger partial charge in [-0.3, -0.25) is 0 Å². The van der Waals surface area contributed by atoms with Crippen molar-refractivity contribution in [2.24, 2.45) is 0 Å². The fourth-order valence-corrected chi connectivity index (χ4v) is 0.606. The normalized spacial score (nSPS) is 10.9. The molecule has 0 aromatic carbocycles. The Hall–Kier alpha value is -0.880. The van der Waals surface area contributed by atoms with Crippen molar-refractivity contribution in [2.75, 3.05) is 33.0 Å². The maximum Gasteiger partial charge on any atom is 0.0829 e. The van der Waals surface area contributed by atoms with E-state index in [1.165, 1.54) is 12.5 Å². The summed E-state index contributed by atoms with van der Waals surface area (Å²) in [5.74, 6) is 0. The Morgan fingerprint density at radius 2 is 1.69 bits per heavy atom. The molecule has 0 aliphatic rings. The van der Waals surface area contributed by atoms with Gasteiger partial charge < -0.3 is 24.4 Å². The maximum atomic E-state index is 8.75. The van der Waals surface area contributed by atoms with Gasteiger partial charge in [0.2, 0.25) is 0 Å². The van der Waals surface area contributed by atoms with Crippen molar-refractivity contribution in [2.45, 2.75) is 13.0 Å². The largest absolute Gasteiger partial charge is 0.474 e. The van der Waals surface area contributed by atoms with Gasteiger partial charge >= 0.3 is 0 Å². The average molecular weight is 234 g/mol. The predicted molar refractivity (Wildman–Crippen MR) is 61.9 cm³/mol. The SMILES string of the molecule is C=COC=C.CC(O)COCCOCCO. The molecule has 0 spiro atoms. The zero-order valence-corrected chi connectivity index (χ0v) is 9.80. The lowest BCUT2D eigenvalue weighted by Gasteiger charge is -2.05. The van der Waals surface area contributed by atoms with Crippen LogP contribution in [0.25, 0.3) is 0 Å². The molecule has 5 nitrogen and oxygen atoms in total. The van der Waals surface area contributed by atoms with Gasteiger partial charge in [-0.15, -0.1) is 0 Å². The molecule has 2 N–H and O–H groups in total. The summed E-state index contributed by atoms with van der Waals surface area (Å²) in [6, 6.07) is 0. The molecule has 0 saturated heterocycles. The van der Waals surface area contributed by atoms with Crippen LogP contribution in [0.3, 0.4) is 0 Å². The van der Waals surface area contributed by atoms with E-state index in [0.717, 1.165) is 0 Å². The topological polar surface area (TPSA) is 68.2 Å². The summed E-state index contributed by atoms with van der Waals surface area (Å²) in [6.45, 7) is 9.82. The van der Waals surface area contributed by atoms with Crippen molar-refractivity contribution >= 4 is 0 Å². The van der Waals surface area contributed by atoms with Crippen molar-refractivity contribution < 1.29 is 24.4 Å².